The fourth-order valence-corrected chi connectivity index (χ4v) is 1.71. The summed E-state index contributed by atoms with van der Waals surface area (Å²) in [6.45, 7) is 0. The number of nitro benzene ring substituents is 1. The van der Waals surface area contributed by atoms with Gasteiger partial charge in [0, 0.05) is 17.8 Å². The summed E-state index contributed by atoms with van der Waals surface area (Å²) < 4.78 is 13.0. The molecule has 0 aliphatic rings. The Kier molecular flexibility index (Phi) is 4.40. The van der Waals surface area contributed by atoms with E-state index in [9.17, 15) is 19.3 Å². The second-order valence-electron chi connectivity index (χ2n) is 4.15. The van der Waals surface area contributed by atoms with E-state index in [1.807, 2.05) is 0 Å². The van der Waals surface area contributed by atoms with E-state index in [1.54, 1.807) is 18.2 Å². The van der Waals surface area contributed by atoms with Crippen LogP contribution in [0, 0.1) is 15.9 Å². The third kappa shape index (κ3) is 3.97. The number of nitro groups is 1. The molecule has 1 amide bonds. The monoisotopic (exact) mass is 286 g/mol. The van der Waals surface area contributed by atoms with Crippen LogP contribution in [0.2, 0.25) is 0 Å². The molecule has 2 aromatic rings. The highest BCUT2D eigenvalue weighted by Gasteiger charge is 2.09. The molecule has 0 radical (unpaired) electrons. The summed E-state index contributed by atoms with van der Waals surface area (Å²) in [4.78, 5) is 22.0. The lowest BCUT2D eigenvalue weighted by Gasteiger charge is -2.01. The van der Waals surface area contributed by atoms with Crippen LogP contribution in [0.15, 0.2) is 54.6 Å². The van der Waals surface area contributed by atoms with Gasteiger partial charge in [0.1, 0.15) is 5.82 Å². The first-order valence-corrected chi connectivity index (χ1v) is 6.04. The molecule has 0 spiro atoms. The van der Waals surface area contributed by atoms with Crippen LogP contribution >= 0.6 is 0 Å². The van der Waals surface area contributed by atoms with Crippen LogP contribution in [0.4, 0.5) is 15.8 Å². The summed E-state index contributed by atoms with van der Waals surface area (Å²) in [5.41, 5.74) is 0.538. The van der Waals surface area contributed by atoms with Gasteiger partial charge in [-0.25, -0.2) is 4.39 Å². The Balaban J connectivity index is 2.11. The standard InChI is InChI=1S/C15H11FN2O3/c16-12-5-3-6-13(10-12)17-15(19)9-8-11-4-1-2-7-14(11)18(20)21/h1-10H,(H,17,19)/b9-8+. The zero-order valence-corrected chi connectivity index (χ0v) is 10.8. The summed E-state index contributed by atoms with van der Waals surface area (Å²) in [7, 11) is 0. The maximum atomic E-state index is 13.0. The van der Waals surface area contributed by atoms with E-state index >= 15 is 0 Å². The molecular weight excluding hydrogens is 275 g/mol. The number of hydrogen-bond acceptors (Lipinski definition) is 3. The number of para-hydroxylation sites is 1. The molecule has 0 unspecified atom stereocenters. The Morgan fingerprint density at radius 3 is 2.67 bits per heavy atom. The van der Waals surface area contributed by atoms with Crippen LogP contribution < -0.4 is 5.32 Å². The van der Waals surface area contributed by atoms with Crippen molar-refractivity contribution in [3.05, 3.63) is 76.1 Å². The van der Waals surface area contributed by atoms with Crippen LogP contribution in [0.25, 0.3) is 6.08 Å². The number of hydrogen-bond donors (Lipinski definition) is 1. The third-order valence-electron chi connectivity index (χ3n) is 2.64. The molecule has 21 heavy (non-hydrogen) atoms. The van der Waals surface area contributed by atoms with E-state index in [-0.39, 0.29) is 5.69 Å². The quantitative estimate of drug-likeness (QED) is 0.532. The Bertz CT molecular complexity index is 714. The van der Waals surface area contributed by atoms with Gasteiger partial charge in [0.05, 0.1) is 10.5 Å². The number of benzene rings is 2. The molecule has 0 fully saturated rings. The van der Waals surface area contributed by atoms with Gasteiger partial charge < -0.3 is 5.32 Å². The first kappa shape index (κ1) is 14.4. The first-order valence-electron chi connectivity index (χ1n) is 6.04. The maximum absolute atomic E-state index is 13.0. The minimum absolute atomic E-state index is 0.0905. The lowest BCUT2D eigenvalue weighted by Crippen LogP contribution is -2.07. The fraction of sp³-hybridized carbons (Fsp3) is 0. The smallest absolute Gasteiger partial charge is 0.276 e. The van der Waals surface area contributed by atoms with Gasteiger partial charge in [-0.05, 0) is 30.3 Å². The molecule has 2 rings (SSSR count). The largest absolute Gasteiger partial charge is 0.322 e. The molecule has 106 valence electrons. The van der Waals surface area contributed by atoms with Crippen molar-refractivity contribution in [2.75, 3.05) is 5.32 Å². The molecule has 5 nitrogen and oxygen atoms in total. The van der Waals surface area contributed by atoms with Crippen molar-refractivity contribution in [3.63, 3.8) is 0 Å². The van der Waals surface area contributed by atoms with Crippen molar-refractivity contribution in [1.29, 1.82) is 0 Å². The van der Waals surface area contributed by atoms with E-state index < -0.39 is 16.6 Å². The molecule has 0 bridgehead atoms. The summed E-state index contributed by atoms with van der Waals surface area (Å²) >= 11 is 0. The highest BCUT2D eigenvalue weighted by Crippen LogP contribution is 2.19. The van der Waals surface area contributed by atoms with Gasteiger partial charge in [-0.3, -0.25) is 14.9 Å². The van der Waals surface area contributed by atoms with Gasteiger partial charge in [0.2, 0.25) is 5.91 Å². The Morgan fingerprint density at radius 2 is 1.95 bits per heavy atom. The number of carbonyl (C=O) groups excluding carboxylic acids is 1. The van der Waals surface area contributed by atoms with Crippen LogP contribution in [0.3, 0.4) is 0 Å². The lowest BCUT2D eigenvalue weighted by atomic mass is 10.1. The normalized spacial score (nSPS) is 10.5. The van der Waals surface area contributed by atoms with E-state index in [4.69, 9.17) is 0 Å². The number of halogens is 1. The van der Waals surface area contributed by atoms with Crippen LogP contribution in [-0.2, 0) is 4.79 Å². The highest BCUT2D eigenvalue weighted by molar-refractivity contribution is 6.02. The summed E-state index contributed by atoms with van der Waals surface area (Å²) in [5, 5.41) is 13.3. The molecular formula is C15H11FN2O3. The van der Waals surface area contributed by atoms with Crippen molar-refractivity contribution < 1.29 is 14.1 Å². The summed E-state index contributed by atoms with van der Waals surface area (Å²) in [6, 6.07) is 11.5. The molecule has 0 aliphatic heterocycles. The molecule has 0 atom stereocenters. The van der Waals surface area contributed by atoms with Gasteiger partial charge in [-0.15, -0.1) is 0 Å². The SMILES string of the molecule is O=C(/C=C/c1ccccc1[N+](=O)[O-])Nc1cccc(F)c1. The van der Waals surface area contributed by atoms with Gasteiger partial charge >= 0.3 is 0 Å². The Morgan fingerprint density at radius 1 is 1.19 bits per heavy atom. The molecule has 2 aromatic carbocycles. The predicted molar refractivity (Wildman–Crippen MR) is 77.2 cm³/mol. The average Bonchev–Trinajstić information content (AvgIpc) is 2.45. The molecule has 0 aromatic heterocycles. The van der Waals surface area contributed by atoms with Crippen LogP contribution in [-0.4, -0.2) is 10.8 Å². The predicted octanol–water partition coefficient (Wildman–Crippen LogP) is 3.39. The van der Waals surface area contributed by atoms with E-state index in [1.165, 1.54) is 36.4 Å². The lowest BCUT2D eigenvalue weighted by molar-refractivity contribution is -0.385. The zero-order valence-electron chi connectivity index (χ0n) is 10.8. The molecule has 1 N–H and O–H groups in total. The minimum atomic E-state index is -0.524. The second-order valence-corrected chi connectivity index (χ2v) is 4.15. The number of nitrogens with zero attached hydrogens (tertiary/aromatic N) is 1. The minimum Gasteiger partial charge on any atom is -0.322 e. The molecule has 6 heteroatoms. The van der Waals surface area contributed by atoms with Gasteiger partial charge in [-0.2, -0.15) is 0 Å². The van der Waals surface area contributed by atoms with Gasteiger partial charge in [0.15, 0.2) is 0 Å². The van der Waals surface area contributed by atoms with Crippen molar-refractivity contribution in [2.45, 2.75) is 0 Å². The van der Waals surface area contributed by atoms with Crippen LogP contribution in [0.1, 0.15) is 5.56 Å². The topological polar surface area (TPSA) is 72.2 Å². The second kappa shape index (κ2) is 6.42. The maximum Gasteiger partial charge on any atom is 0.276 e. The Hall–Kier alpha value is -3.02. The number of rotatable bonds is 4. The van der Waals surface area contributed by atoms with Crippen molar-refractivity contribution >= 4 is 23.4 Å². The summed E-state index contributed by atoms with van der Waals surface area (Å²) in [6.07, 6.45) is 2.50. The van der Waals surface area contributed by atoms with E-state index in [2.05, 4.69) is 5.32 Å². The van der Waals surface area contributed by atoms with Crippen molar-refractivity contribution in [1.82, 2.24) is 0 Å². The van der Waals surface area contributed by atoms with Gasteiger partial charge in [0.25, 0.3) is 5.69 Å². The highest BCUT2D eigenvalue weighted by atomic mass is 19.1. The van der Waals surface area contributed by atoms with Crippen LogP contribution in [0.5, 0.6) is 0 Å². The van der Waals surface area contributed by atoms with E-state index in [0.717, 1.165) is 6.08 Å². The molecule has 0 saturated heterocycles. The fourth-order valence-electron chi connectivity index (χ4n) is 1.71. The summed E-state index contributed by atoms with van der Waals surface area (Å²) in [5.74, 6) is -0.964. The number of anilines is 1. The van der Waals surface area contributed by atoms with Crippen molar-refractivity contribution in [2.24, 2.45) is 0 Å². The first-order chi connectivity index (χ1) is 10.1. The zero-order chi connectivity index (χ0) is 15.2. The Labute approximate surface area is 119 Å². The molecule has 0 saturated carbocycles. The number of nitrogens with one attached hydrogen (secondary N) is 1. The third-order valence-corrected chi connectivity index (χ3v) is 2.64. The molecule has 0 aliphatic carbocycles. The van der Waals surface area contributed by atoms with E-state index in [0.29, 0.717) is 11.3 Å². The average molecular weight is 286 g/mol. The number of carbonyl (C=O) groups is 1. The van der Waals surface area contributed by atoms with Gasteiger partial charge in [-0.1, -0.05) is 18.2 Å². The van der Waals surface area contributed by atoms with Crippen molar-refractivity contribution in [3.8, 4) is 0 Å². The number of amides is 1. The molecule has 0 heterocycles.